The third-order valence-electron chi connectivity index (χ3n) is 4.59. The van der Waals surface area contributed by atoms with Gasteiger partial charge in [0.25, 0.3) is 11.2 Å². The smallest absolute Gasteiger partial charge is 0.268 e. The maximum absolute atomic E-state index is 13.0. The summed E-state index contributed by atoms with van der Waals surface area (Å²) in [6.07, 6.45) is 1.46. The molecule has 0 spiro atoms. The first kappa shape index (κ1) is 19.7. The zero-order valence-electron chi connectivity index (χ0n) is 15.8. The number of nitrogens with zero attached hydrogens (tertiary/aromatic N) is 4. The Labute approximate surface area is 179 Å². The highest BCUT2D eigenvalue weighted by atomic mass is 79.9. The third kappa shape index (κ3) is 3.77. The van der Waals surface area contributed by atoms with E-state index >= 15 is 0 Å². The summed E-state index contributed by atoms with van der Waals surface area (Å²) in [5, 5.41) is 11.6. The van der Waals surface area contributed by atoms with Crippen LogP contribution < -0.4 is 5.56 Å². The van der Waals surface area contributed by atoms with E-state index in [1.165, 1.54) is 12.3 Å². The number of aryl methyl sites for hydroxylation is 1. The Morgan fingerprint density at radius 1 is 1.10 bits per heavy atom. The molecule has 30 heavy (non-hydrogen) atoms. The molecule has 0 amide bonds. The first-order chi connectivity index (χ1) is 14.4. The van der Waals surface area contributed by atoms with Crippen molar-refractivity contribution >= 4 is 44.4 Å². The summed E-state index contributed by atoms with van der Waals surface area (Å²) in [7, 11) is 0. The SMILES string of the molecule is Cc1nc2ccc(Br)cc2c(=O)n1-c1ccc(N=Cc2ccccc2[N+](=O)[O-])cc1. The fraction of sp³-hybridized carbons (Fsp3) is 0.0455. The van der Waals surface area contributed by atoms with Gasteiger partial charge in [-0.2, -0.15) is 0 Å². The molecule has 0 bridgehead atoms. The molecule has 148 valence electrons. The number of halogens is 1. The van der Waals surface area contributed by atoms with Gasteiger partial charge in [0.2, 0.25) is 0 Å². The van der Waals surface area contributed by atoms with Crippen LogP contribution in [0.3, 0.4) is 0 Å². The van der Waals surface area contributed by atoms with Gasteiger partial charge < -0.3 is 0 Å². The van der Waals surface area contributed by atoms with E-state index in [1.54, 1.807) is 66.1 Å². The van der Waals surface area contributed by atoms with Crippen molar-refractivity contribution in [1.29, 1.82) is 0 Å². The molecule has 0 saturated heterocycles. The van der Waals surface area contributed by atoms with Gasteiger partial charge in [0.15, 0.2) is 0 Å². The minimum atomic E-state index is -0.440. The molecule has 3 aromatic carbocycles. The molecule has 8 heteroatoms. The van der Waals surface area contributed by atoms with E-state index in [4.69, 9.17) is 0 Å². The number of benzene rings is 3. The Hall–Kier alpha value is -3.65. The molecule has 0 atom stereocenters. The van der Waals surface area contributed by atoms with Gasteiger partial charge in [-0.05, 0) is 55.5 Å². The first-order valence-electron chi connectivity index (χ1n) is 9.01. The third-order valence-corrected chi connectivity index (χ3v) is 5.09. The second-order valence-electron chi connectivity index (χ2n) is 6.55. The maximum Gasteiger partial charge on any atom is 0.278 e. The van der Waals surface area contributed by atoms with E-state index in [0.717, 1.165) is 4.47 Å². The summed E-state index contributed by atoms with van der Waals surface area (Å²) in [6, 6.07) is 18.8. The van der Waals surface area contributed by atoms with Crippen LogP contribution in [-0.4, -0.2) is 20.7 Å². The topological polar surface area (TPSA) is 90.4 Å². The van der Waals surface area contributed by atoms with Crippen molar-refractivity contribution in [3.05, 3.63) is 103 Å². The summed E-state index contributed by atoms with van der Waals surface area (Å²) in [5.74, 6) is 0.575. The van der Waals surface area contributed by atoms with Gasteiger partial charge in [-0.3, -0.25) is 24.5 Å². The van der Waals surface area contributed by atoms with Crippen molar-refractivity contribution in [2.24, 2.45) is 4.99 Å². The molecule has 4 aromatic rings. The molecule has 4 rings (SSSR count). The standard InChI is InChI=1S/C22H15BrN4O3/c1-14-25-20-11-6-16(23)12-19(20)22(28)26(14)18-9-7-17(8-10-18)24-13-15-4-2-3-5-21(15)27(29)30/h2-13H,1H3. The highest BCUT2D eigenvalue weighted by molar-refractivity contribution is 9.10. The number of hydrogen-bond donors (Lipinski definition) is 0. The second kappa shape index (κ2) is 8.00. The van der Waals surface area contributed by atoms with E-state index in [2.05, 4.69) is 25.9 Å². The summed E-state index contributed by atoms with van der Waals surface area (Å²) < 4.78 is 2.36. The number of aliphatic imine (C=N–C) groups is 1. The molecule has 0 unspecified atom stereocenters. The van der Waals surface area contributed by atoms with Crippen molar-refractivity contribution in [3.8, 4) is 5.69 Å². The zero-order valence-corrected chi connectivity index (χ0v) is 17.4. The average molecular weight is 463 g/mol. The van der Waals surface area contributed by atoms with E-state index < -0.39 is 4.92 Å². The monoisotopic (exact) mass is 462 g/mol. The average Bonchev–Trinajstić information content (AvgIpc) is 2.74. The lowest BCUT2D eigenvalue weighted by Crippen LogP contribution is -2.22. The van der Waals surface area contributed by atoms with Gasteiger partial charge in [-0.25, -0.2) is 4.98 Å². The van der Waals surface area contributed by atoms with Crippen molar-refractivity contribution < 1.29 is 4.92 Å². The summed E-state index contributed by atoms with van der Waals surface area (Å²) in [5.41, 5.74) is 2.17. The number of para-hydroxylation sites is 1. The van der Waals surface area contributed by atoms with Crippen molar-refractivity contribution in [3.63, 3.8) is 0 Å². The molecule has 1 heterocycles. The van der Waals surface area contributed by atoms with Crippen LogP contribution in [0.5, 0.6) is 0 Å². The number of rotatable bonds is 4. The molecule has 0 aliphatic heterocycles. The van der Waals surface area contributed by atoms with Crippen LogP contribution in [-0.2, 0) is 0 Å². The highest BCUT2D eigenvalue weighted by Gasteiger charge is 2.11. The minimum absolute atomic E-state index is 0.00607. The lowest BCUT2D eigenvalue weighted by atomic mass is 10.2. The van der Waals surface area contributed by atoms with Gasteiger partial charge in [-0.15, -0.1) is 0 Å². The number of aromatic nitrogens is 2. The molecule has 7 nitrogen and oxygen atoms in total. The fourth-order valence-corrected chi connectivity index (χ4v) is 3.53. The molecule has 0 saturated carbocycles. The van der Waals surface area contributed by atoms with Gasteiger partial charge in [-0.1, -0.05) is 28.1 Å². The predicted molar refractivity (Wildman–Crippen MR) is 120 cm³/mol. The largest absolute Gasteiger partial charge is 0.278 e. The number of hydrogen-bond acceptors (Lipinski definition) is 5. The molecular formula is C22H15BrN4O3. The molecular weight excluding hydrogens is 448 g/mol. The zero-order chi connectivity index (χ0) is 21.3. The van der Waals surface area contributed by atoms with Crippen LogP contribution in [0.4, 0.5) is 11.4 Å². The van der Waals surface area contributed by atoms with E-state index in [-0.39, 0.29) is 11.2 Å². The van der Waals surface area contributed by atoms with E-state index in [9.17, 15) is 14.9 Å². The highest BCUT2D eigenvalue weighted by Crippen LogP contribution is 2.21. The molecule has 0 aliphatic rings. The van der Waals surface area contributed by atoms with Crippen LogP contribution in [0.2, 0.25) is 0 Å². The molecule has 1 aromatic heterocycles. The van der Waals surface area contributed by atoms with Crippen LogP contribution in [0.15, 0.2) is 81.0 Å². The van der Waals surface area contributed by atoms with E-state index in [0.29, 0.717) is 33.7 Å². The fourth-order valence-electron chi connectivity index (χ4n) is 3.17. The molecule has 0 N–H and O–H groups in total. The molecule has 0 aliphatic carbocycles. The van der Waals surface area contributed by atoms with Crippen molar-refractivity contribution in [2.75, 3.05) is 0 Å². The molecule has 0 radical (unpaired) electrons. The van der Waals surface area contributed by atoms with Gasteiger partial charge in [0.05, 0.1) is 32.8 Å². The van der Waals surface area contributed by atoms with Crippen LogP contribution in [0, 0.1) is 17.0 Å². The Morgan fingerprint density at radius 3 is 2.57 bits per heavy atom. The Bertz CT molecular complexity index is 1360. The van der Waals surface area contributed by atoms with Gasteiger partial charge in [0, 0.05) is 16.8 Å². The lowest BCUT2D eigenvalue weighted by molar-refractivity contribution is -0.385. The predicted octanol–water partition coefficient (Wildman–Crippen LogP) is 5.12. The summed E-state index contributed by atoms with van der Waals surface area (Å²) >= 11 is 3.39. The van der Waals surface area contributed by atoms with Crippen molar-refractivity contribution in [1.82, 2.24) is 9.55 Å². The lowest BCUT2D eigenvalue weighted by Gasteiger charge is -2.11. The summed E-state index contributed by atoms with van der Waals surface area (Å²) in [4.78, 5) is 32.5. The summed E-state index contributed by atoms with van der Waals surface area (Å²) in [6.45, 7) is 1.78. The quantitative estimate of drug-likeness (QED) is 0.239. The van der Waals surface area contributed by atoms with Crippen LogP contribution in [0.1, 0.15) is 11.4 Å². The Kier molecular flexibility index (Phi) is 5.24. The number of fused-ring (bicyclic) bond motifs is 1. The van der Waals surface area contributed by atoms with Crippen LogP contribution in [0.25, 0.3) is 16.6 Å². The minimum Gasteiger partial charge on any atom is -0.268 e. The first-order valence-corrected chi connectivity index (χ1v) is 9.80. The maximum atomic E-state index is 13.0. The normalized spacial score (nSPS) is 11.3. The van der Waals surface area contributed by atoms with Gasteiger partial charge >= 0.3 is 0 Å². The Balaban J connectivity index is 1.70. The second-order valence-corrected chi connectivity index (χ2v) is 7.47. The number of nitro benzene ring substituents is 1. The van der Waals surface area contributed by atoms with Gasteiger partial charge in [0.1, 0.15) is 5.82 Å². The number of nitro groups is 1. The van der Waals surface area contributed by atoms with Crippen LogP contribution >= 0.6 is 15.9 Å². The Morgan fingerprint density at radius 2 is 1.83 bits per heavy atom. The van der Waals surface area contributed by atoms with E-state index in [1.807, 2.05) is 6.07 Å². The molecule has 0 fully saturated rings. The van der Waals surface area contributed by atoms with Crippen molar-refractivity contribution in [2.45, 2.75) is 6.92 Å².